The number of hydrogen-bond donors (Lipinski definition) is 1. The first kappa shape index (κ1) is 18.7. The van der Waals surface area contributed by atoms with E-state index >= 15 is 0 Å². The fourth-order valence-corrected chi connectivity index (χ4v) is 3.41. The molecule has 0 unspecified atom stereocenters. The van der Waals surface area contributed by atoms with Gasteiger partial charge in [-0.2, -0.15) is 14.6 Å². The Hall–Kier alpha value is -3.06. The first-order chi connectivity index (χ1) is 12.7. The van der Waals surface area contributed by atoms with Crippen molar-refractivity contribution in [2.75, 3.05) is 6.26 Å². The molecule has 0 radical (unpaired) electrons. The number of aromatic nitrogens is 2. The van der Waals surface area contributed by atoms with E-state index in [1.54, 1.807) is 37.5 Å². The topological polar surface area (TPSA) is 92.5 Å². The second kappa shape index (κ2) is 7.28. The van der Waals surface area contributed by atoms with Crippen molar-refractivity contribution in [3.8, 4) is 0 Å². The number of allylic oxidation sites excluding steroid dienone is 1. The molecule has 3 rings (SSSR count). The molecular formula is C20H19N3O3S. The maximum atomic E-state index is 11.7. The lowest BCUT2D eigenvalue weighted by Crippen LogP contribution is -2.05. The van der Waals surface area contributed by atoms with Gasteiger partial charge in [0.2, 0.25) is 10.0 Å². The maximum Gasteiger partial charge on any atom is 0.250 e. The van der Waals surface area contributed by atoms with Crippen LogP contribution in [0.15, 0.2) is 59.3 Å². The number of aliphatic hydroxyl groups excluding tert-OH is 1. The van der Waals surface area contributed by atoms with Gasteiger partial charge < -0.3 is 5.11 Å². The van der Waals surface area contributed by atoms with Crippen molar-refractivity contribution in [1.82, 2.24) is 10.2 Å². The Morgan fingerprint density at radius 2 is 1.56 bits per heavy atom. The normalized spacial score (nSPS) is 13.5. The molecule has 0 aliphatic heterocycles. The molecule has 1 heterocycles. The molecule has 2 aromatic carbocycles. The van der Waals surface area contributed by atoms with Crippen LogP contribution in [0.3, 0.4) is 0 Å². The van der Waals surface area contributed by atoms with Gasteiger partial charge in [0.25, 0.3) is 0 Å². The fraction of sp³-hybridized carbons (Fsp3) is 0.150. The first-order valence-electron chi connectivity index (χ1n) is 8.22. The Balaban J connectivity index is 2.27. The van der Waals surface area contributed by atoms with E-state index in [2.05, 4.69) is 14.6 Å². The second-order valence-electron chi connectivity index (χ2n) is 6.33. The minimum Gasteiger partial charge on any atom is -0.507 e. The van der Waals surface area contributed by atoms with Gasteiger partial charge in [-0.1, -0.05) is 42.0 Å². The largest absolute Gasteiger partial charge is 0.507 e. The highest BCUT2D eigenvalue weighted by Crippen LogP contribution is 2.28. The summed E-state index contributed by atoms with van der Waals surface area (Å²) in [5.41, 5.74) is 2.82. The smallest absolute Gasteiger partial charge is 0.250 e. The average molecular weight is 381 g/mol. The lowest BCUT2D eigenvalue weighted by Gasteiger charge is -2.13. The van der Waals surface area contributed by atoms with Gasteiger partial charge in [-0.3, -0.25) is 0 Å². The molecule has 7 heteroatoms. The molecule has 0 amide bonds. The molecule has 1 aromatic heterocycles. The van der Waals surface area contributed by atoms with Gasteiger partial charge >= 0.3 is 0 Å². The third kappa shape index (κ3) is 4.38. The third-order valence-electron chi connectivity index (χ3n) is 4.06. The first-order valence-corrected chi connectivity index (χ1v) is 10.1. The number of nitrogens with zero attached hydrogens (tertiary/aromatic N) is 3. The van der Waals surface area contributed by atoms with Crippen LogP contribution in [-0.4, -0.2) is 35.7 Å². The lowest BCUT2D eigenvalue weighted by molar-refractivity contribution is 0.514. The zero-order valence-corrected chi connectivity index (χ0v) is 16.0. The van der Waals surface area contributed by atoms with Crippen LogP contribution in [0.1, 0.15) is 23.6 Å². The fourth-order valence-electron chi connectivity index (χ4n) is 2.82. The summed E-state index contributed by atoms with van der Waals surface area (Å²) < 4.78 is 27.1. The molecule has 0 aliphatic carbocycles. The van der Waals surface area contributed by atoms with Gasteiger partial charge in [0.15, 0.2) is 0 Å². The number of sulfonamides is 1. The molecule has 0 spiro atoms. The van der Waals surface area contributed by atoms with Crippen LogP contribution >= 0.6 is 0 Å². The molecule has 0 bridgehead atoms. The molecule has 0 saturated heterocycles. The van der Waals surface area contributed by atoms with E-state index in [0.29, 0.717) is 16.7 Å². The van der Waals surface area contributed by atoms with Crippen molar-refractivity contribution in [3.05, 3.63) is 71.5 Å². The maximum absolute atomic E-state index is 11.7. The SMILES string of the molecule is CC(=NS(C)(=O)=O)/C(=C(/O)c1ccc(C)cc1)c1ccc2cnncc2c1. The van der Waals surface area contributed by atoms with Gasteiger partial charge in [0, 0.05) is 21.9 Å². The number of benzene rings is 2. The Morgan fingerprint density at radius 1 is 0.963 bits per heavy atom. The van der Waals surface area contributed by atoms with E-state index in [4.69, 9.17) is 0 Å². The summed E-state index contributed by atoms with van der Waals surface area (Å²) in [5, 5.41) is 20.4. The molecule has 1 N–H and O–H groups in total. The minimum atomic E-state index is -3.62. The predicted molar refractivity (Wildman–Crippen MR) is 108 cm³/mol. The number of hydrogen-bond acceptors (Lipinski definition) is 5. The highest BCUT2D eigenvalue weighted by atomic mass is 32.2. The van der Waals surface area contributed by atoms with E-state index in [1.807, 2.05) is 31.2 Å². The van der Waals surface area contributed by atoms with Gasteiger partial charge in [0.1, 0.15) is 5.76 Å². The van der Waals surface area contributed by atoms with E-state index < -0.39 is 10.0 Å². The molecule has 0 saturated carbocycles. The van der Waals surface area contributed by atoms with Crippen molar-refractivity contribution < 1.29 is 13.5 Å². The second-order valence-corrected chi connectivity index (χ2v) is 7.98. The highest BCUT2D eigenvalue weighted by Gasteiger charge is 2.16. The van der Waals surface area contributed by atoms with E-state index in [9.17, 15) is 13.5 Å². The highest BCUT2D eigenvalue weighted by molar-refractivity contribution is 7.89. The Morgan fingerprint density at radius 3 is 2.19 bits per heavy atom. The van der Waals surface area contributed by atoms with Crippen LogP contribution in [0.5, 0.6) is 0 Å². The molecular weight excluding hydrogens is 362 g/mol. The monoisotopic (exact) mass is 381 g/mol. The van der Waals surface area contributed by atoms with Crippen molar-refractivity contribution in [3.63, 3.8) is 0 Å². The van der Waals surface area contributed by atoms with Gasteiger partial charge in [-0.15, -0.1) is 0 Å². The van der Waals surface area contributed by atoms with Crippen LogP contribution in [0.2, 0.25) is 0 Å². The third-order valence-corrected chi connectivity index (χ3v) is 4.67. The molecule has 3 aromatic rings. The number of aliphatic hydroxyl groups is 1. The van der Waals surface area contributed by atoms with E-state index in [-0.39, 0.29) is 11.5 Å². The summed E-state index contributed by atoms with van der Waals surface area (Å²) in [7, 11) is -3.62. The van der Waals surface area contributed by atoms with E-state index in [1.165, 1.54) is 0 Å². The van der Waals surface area contributed by atoms with E-state index in [0.717, 1.165) is 22.6 Å². The zero-order valence-electron chi connectivity index (χ0n) is 15.2. The minimum absolute atomic E-state index is 0.0405. The summed E-state index contributed by atoms with van der Waals surface area (Å²) in [6.45, 7) is 3.52. The number of fused-ring (bicyclic) bond motifs is 1. The van der Waals surface area contributed by atoms with Crippen LogP contribution in [0.4, 0.5) is 0 Å². The summed E-state index contributed by atoms with van der Waals surface area (Å²) in [6.07, 6.45) is 4.27. The van der Waals surface area contributed by atoms with Crippen molar-refractivity contribution in [2.24, 2.45) is 4.40 Å². The summed E-state index contributed by atoms with van der Waals surface area (Å²) in [4.78, 5) is 0. The summed E-state index contributed by atoms with van der Waals surface area (Å²) >= 11 is 0. The molecule has 6 nitrogen and oxygen atoms in total. The molecule has 0 aliphatic rings. The quantitative estimate of drug-likeness (QED) is 0.422. The average Bonchev–Trinajstić information content (AvgIpc) is 2.61. The zero-order chi connectivity index (χ0) is 19.6. The van der Waals surface area contributed by atoms with Crippen LogP contribution in [-0.2, 0) is 10.0 Å². The Bertz CT molecular complexity index is 1160. The Labute approximate surface area is 158 Å². The van der Waals surface area contributed by atoms with Crippen molar-refractivity contribution in [2.45, 2.75) is 13.8 Å². The standard InChI is InChI=1S/C20H19N3O3S/c1-13-4-6-15(7-5-13)20(24)19(14(2)23-27(3,25)26)16-8-9-17-11-21-22-12-18(17)10-16/h4-12,24H,1-3H3/b20-19-,23-14?. The number of rotatable bonds is 4. The lowest BCUT2D eigenvalue weighted by atomic mass is 9.95. The molecule has 0 fully saturated rings. The summed E-state index contributed by atoms with van der Waals surface area (Å²) in [5.74, 6) is -0.0405. The Kier molecular flexibility index (Phi) is 5.05. The molecule has 0 atom stereocenters. The van der Waals surface area contributed by atoms with Gasteiger partial charge in [-0.25, -0.2) is 8.42 Å². The van der Waals surface area contributed by atoms with Crippen molar-refractivity contribution in [1.29, 1.82) is 0 Å². The number of aryl methyl sites for hydroxylation is 1. The summed E-state index contributed by atoms with van der Waals surface area (Å²) in [6, 6.07) is 12.8. The van der Waals surface area contributed by atoms with Gasteiger partial charge in [0.05, 0.1) is 24.4 Å². The molecule has 138 valence electrons. The van der Waals surface area contributed by atoms with Crippen LogP contribution in [0.25, 0.3) is 22.1 Å². The van der Waals surface area contributed by atoms with Gasteiger partial charge in [-0.05, 0) is 25.5 Å². The molecule has 27 heavy (non-hydrogen) atoms. The van der Waals surface area contributed by atoms with Crippen molar-refractivity contribution >= 4 is 37.8 Å². The predicted octanol–water partition coefficient (Wildman–Crippen LogP) is 3.79. The van der Waals surface area contributed by atoms with Crippen LogP contribution in [0, 0.1) is 6.92 Å². The van der Waals surface area contributed by atoms with Crippen LogP contribution < -0.4 is 0 Å².